The monoisotopic (exact) mass is 431 g/mol. The van der Waals surface area contributed by atoms with Gasteiger partial charge in [0, 0.05) is 10.9 Å². The summed E-state index contributed by atoms with van der Waals surface area (Å²) in [5, 5.41) is 7.94. The number of hydrogen-bond donors (Lipinski definition) is 2. The van der Waals surface area contributed by atoms with Gasteiger partial charge in [0.2, 0.25) is 0 Å². The number of hydrogen-bond acceptors (Lipinski definition) is 2. The molecule has 0 saturated carbocycles. The van der Waals surface area contributed by atoms with Gasteiger partial charge in [-0.2, -0.15) is 5.10 Å². The predicted molar refractivity (Wildman–Crippen MR) is 108 cm³/mol. The third-order valence-corrected chi connectivity index (χ3v) is 5.53. The number of benzene rings is 2. The van der Waals surface area contributed by atoms with Gasteiger partial charge in [-0.3, -0.25) is 9.89 Å². The Morgan fingerprint density at radius 1 is 1.15 bits per heavy atom. The number of H-pyrrole nitrogens is 1. The quantitative estimate of drug-likeness (QED) is 0.597. The van der Waals surface area contributed by atoms with Gasteiger partial charge in [0.05, 0.1) is 22.0 Å². The second-order valence-electron chi connectivity index (χ2n) is 6.30. The van der Waals surface area contributed by atoms with Crippen LogP contribution >= 0.6 is 27.5 Å². The molecule has 1 aromatic heterocycles. The molecule has 0 fully saturated rings. The minimum atomic E-state index is -0.462. The Hall–Kier alpha value is -2.11. The van der Waals surface area contributed by atoms with Crippen molar-refractivity contribution in [3.05, 3.63) is 85.6 Å². The van der Waals surface area contributed by atoms with Crippen LogP contribution in [0.25, 0.3) is 0 Å². The first-order valence-electron chi connectivity index (χ1n) is 8.29. The van der Waals surface area contributed by atoms with Crippen molar-refractivity contribution in [3.8, 4) is 0 Å². The Labute approximate surface area is 165 Å². The van der Waals surface area contributed by atoms with Crippen molar-refractivity contribution in [2.45, 2.75) is 26.2 Å². The van der Waals surface area contributed by atoms with Crippen LogP contribution in [0.4, 0.5) is 0 Å². The summed E-state index contributed by atoms with van der Waals surface area (Å²) in [6, 6.07) is 14.1. The van der Waals surface area contributed by atoms with E-state index in [9.17, 15) is 4.79 Å². The Bertz CT molecular complexity index is 935. The summed E-state index contributed by atoms with van der Waals surface area (Å²) in [5.74, 6) is -0.462. The molecule has 0 aliphatic carbocycles. The van der Waals surface area contributed by atoms with Gasteiger partial charge in [0.25, 0.3) is 5.91 Å². The Morgan fingerprint density at radius 3 is 2.50 bits per heavy atom. The summed E-state index contributed by atoms with van der Waals surface area (Å²) in [4.78, 5) is 12.0. The smallest absolute Gasteiger partial charge is 0.252 e. The van der Waals surface area contributed by atoms with Crippen LogP contribution in [0.15, 0.2) is 46.9 Å². The van der Waals surface area contributed by atoms with E-state index in [2.05, 4.69) is 57.3 Å². The van der Waals surface area contributed by atoms with Gasteiger partial charge in [-0.25, -0.2) is 0 Å². The third-order valence-electron chi connectivity index (χ3n) is 4.30. The molecule has 1 heterocycles. The Kier molecular flexibility index (Phi) is 5.79. The summed E-state index contributed by atoms with van der Waals surface area (Å²) in [5.41, 5.74) is 10.9. The van der Waals surface area contributed by atoms with E-state index in [-0.39, 0.29) is 0 Å². The molecule has 0 radical (unpaired) electrons. The van der Waals surface area contributed by atoms with E-state index in [4.69, 9.17) is 17.3 Å². The van der Waals surface area contributed by atoms with Crippen LogP contribution in [0.5, 0.6) is 0 Å². The highest BCUT2D eigenvalue weighted by Gasteiger charge is 2.18. The molecule has 2 aromatic carbocycles. The molecule has 3 N–H and O–H groups in total. The molecule has 0 aliphatic heterocycles. The van der Waals surface area contributed by atoms with Crippen LogP contribution in [0, 0.1) is 6.92 Å². The number of nitrogens with one attached hydrogen (secondary N) is 1. The van der Waals surface area contributed by atoms with Gasteiger partial charge in [-0.05, 0) is 59.0 Å². The number of carbonyl (C=O) groups excluding carboxylic acids is 1. The lowest BCUT2D eigenvalue weighted by atomic mass is 10.0. The van der Waals surface area contributed by atoms with Gasteiger partial charge < -0.3 is 5.73 Å². The summed E-state index contributed by atoms with van der Waals surface area (Å²) in [6.07, 6.45) is 1.97. The molecule has 0 bridgehead atoms. The zero-order valence-corrected chi connectivity index (χ0v) is 16.7. The fourth-order valence-corrected chi connectivity index (χ4v) is 3.34. The van der Waals surface area contributed by atoms with E-state index in [1.54, 1.807) is 0 Å². The predicted octanol–water partition coefficient (Wildman–Crippen LogP) is 4.61. The highest BCUT2D eigenvalue weighted by Crippen LogP contribution is 2.25. The van der Waals surface area contributed by atoms with E-state index in [0.29, 0.717) is 29.1 Å². The molecular weight excluding hydrogens is 414 g/mol. The molecule has 26 heavy (non-hydrogen) atoms. The van der Waals surface area contributed by atoms with E-state index >= 15 is 0 Å². The van der Waals surface area contributed by atoms with Crippen molar-refractivity contribution in [2.75, 3.05) is 0 Å². The average molecular weight is 433 g/mol. The van der Waals surface area contributed by atoms with E-state index in [1.165, 1.54) is 11.1 Å². The molecule has 3 rings (SSSR count). The van der Waals surface area contributed by atoms with Crippen LogP contribution < -0.4 is 5.73 Å². The molecule has 0 spiro atoms. The molecule has 1 amide bonds. The highest BCUT2D eigenvalue weighted by molar-refractivity contribution is 9.10. The first kappa shape index (κ1) is 18.7. The molecule has 134 valence electrons. The Morgan fingerprint density at radius 2 is 1.85 bits per heavy atom. The fraction of sp³-hybridized carbons (Fsp3) is 0.200. The van der Waals surface area contributed by atoms with Crippen molar-refractivity contribution in [2.24, 2.45) is 5.73 Å². The van der Waals surface area contributed by atoms with Crippen molar-refractivity contribution in [1.29, 1.82) is 0 Å². The van der Waals surface area contributed by atoms with Crippen LogP contribution in [0.2, 0.25) is 5.02 Å². The van der Waals surface area contributed by atoms with Crippen LogP contribution in [0.3, 0.4) is 0 Å². The number of nitrogens with two attached hydrogens (primary N) is 1. The number of aryl methyl sites for hydroxylation is 3. The number of rotatable bonds is 6. The first-order valence-corrected chi connectivity index (χ1v) is 9.46. The van der Waals surface area contributed by atoms with Crippen molar-refractivity contribution >= 4 is 33.4 Å². The maximum absolute atomic E-state index is 12.0. The standard InChI is InChI=1S/C20H19BrClN3O/c1-12-2-4-13(5-3-12)7-9-17-19(20(23)26)18(25-24-17)11-14-6-8-15(21)16(22)10-14/h2-6,8,10H,7,9,11H2,1H3,(H2,23,26)(H,24,25). The first-order chi connectivity index (χ1) is 12.4. The van der Waals surface area contributed by atoms with Gasteiger partial charge in [0.15, 0.2) is 0 Å². The molecule has 6 heteroatoms. The second-order valence-corrected chi connectivity index (χ2v) is 7.56. The normalized spacial score (nSPS) is 10.9. The van der Waals surface area contributed by atoms with Crippen molar-refractivity contribution in [1.82, 2.24) is 10.2 Å². The van der Waals surface area contributed by atoms with Crippen LogP contribution in [-0.2, 0) is 19.3 Å². The lowest BCUT2D eigenvalue weighted by Gasteiger charge is -2.05. The van der Waals surface area contributed by atoms with Gasteiger partial charge in [-0.15, -0.1) is 0 Å². The molecule has 3 aromatic rings. The maximum Gasteiger partial charge on any atom is 0.252 e. The SMILES string of the molecule is Cc1ccc(CCc2n[nH]c(Cc3ccc(Br)c(Cl)c3)c2C(N)=O)cc1. The number of carbonyl (C=O) groups is 1. The number of halogens is 2. The number of nitrogens with zero attached hydrogens (tertiary/aromatic N) is 1. The van der Waals surface area contributed by atoms with E-state index in [0.717, 1.165) is 22.2 Å². The number of aromatic nitrogens is 2. The van der Waals surface area contributed by atoms with Crippen molar-refractivity contribution in [3.63, 3.8) is 0 Å². The average Bonchev–Trinajstić information content (AvgIpc) is 3.00. The minimum Gasteiger partial charge on any atom is -0.365 e. The molecule has 4 nitrogen and oxygen atoms in total. The molecule has 0 aliphatic rings. The summed E-state index contributed by atoms with van der Waals surface area (Å²) < 4.78 is 0.835. The zero-order valence-electron chi connectivity index (χ0n) is 14.4. The third kappa shape index (κ3) is 4.34. The summed E-state index contributed by atoms with van der Waals surface area (Å²) >= 11 is 9.53. The maximum atomic E-state index is 12.0. The van der Waals surface area contributed by atoms with Crippen LogP contribution in [0.1, 0.15) is 38.4 Å². The molecule has 0 unspecified atom stereocenters. The number of amides is 1. The van der Waals surface area contributed by atoms with Gasteiger partial charge in [0.1, 0.15) is 0 Å². The molecular formula is C20H19BrClN3O. The van der Waals surface area contributed by atoms with E-state index in [1.807, 2.05) is 18.2 Å². The van der Waals surface area contributed by atoms with Crippen LogP contribution in [-0.4, -0.2) is 16.1 Å². The lowest BCUT2D eigenvalue weighted by molar-refractivity contribution is 0.0998. The number of aromatic amines is 1. The van der Waals surface area contributed by atoms with E-state index < -0.39 is 5.91 Å². The number of primary amides is 1. The largest absolute Gasteiger partial charge is 0.365 e. The topological polar surface area (TPSA) is 71.8 Å². The summed E-state index contributed by atoms with van der Waals surface area (Å²) in [7, 11) is 0. The minimum absolute atomic E-state index is 0.462. The molecule has 0 saturated heterocycles. The Balaban J connectivity index is 1.80. The fourth-order valence-electron chi connectivity index (χ4n) is 2.89. The van der Waals surface area contributed by atoms with Crippen molar-refractivity contribution < 1.29 is 4.79 Å². The summed E-state index contributed by atoms with van der Waals surface area (Å²) in [6.45, 7) is 2.06. The zero-order chi connectivity index (χ0) is 18.7. The lowest BCUT2D eigenvalue weighted by Crippen LogP contribution is -2.15. The van der Waals surface area contributed by atoms with Gasteiger partial charge >= 0.3 is 0 Å². The second kappa shape index (κ2) is 8.06. The highest BCUT2D eigenvalue weighted by atomic mass is 79.9. The molecule has 0 atom stereocenters. The van der Waals surface area contributed by atoms with Gasteiger partial charge in [-0.1, -0.05) is 47.5 Å².